The molecule has 3 heterocycles. The van der Waals surface area contributed by atoms with Gasteiger partial charge in [-0.05, 0) is 42.3 Å². The summed E-state index contributed by atoms with van der Waals surface area (Å²) in [6, 6.07) is 7.74. The lowest BCUT2D eigenvalue weighted by Crippen LogP contribution is -2.21. The van der Waals surface area contributed by atoms with E-state index in [0.717, 1.165) is 20.9 Å². The highest BCUT2D eigenvalue weighted by molar-refractivity contribution is 7.15. The highest BCUT2D eigenvalue weighted by Crippen LogP contribution is 2.39. The molecule has 194 valence electrons. The molecule has 1 aliphatic heterocycles. The maximum absolute atomic E-state index is 13.0. The molecule has 2 aromatic heterocycles. The maximum Gasteiger partial charge on any atom is 0.490 e. The van der Waals surface area contributed by atoms with Crippen molar-refractivity contribution in [3.63, 3.8) is 0 Å². The van der Waals surface area contributed by atoms with E-state index in [1.807, 2.05) is 31.2 Å². The number of benzene rings is 1. The van der Waals surface area contributed by atoms with E-state index in [-0.39, 0.29) is 37.7 Å². The van der Waals surface area contributed by atoms with E-state index in [4.69, 9.17) is 25.1 Å². The number of nitrogens with two attached hydrogens (primary N) is 1. The van der Waals surface area contributed by atoms with Gasteiger partial charge in [-0.25, -0.2) is 14.7 Å². The van der Waals surface area contributed by atoms with Crippen LogP contribution in [0.25, 0.3) is 10.4 Å². The predicted octanol–water partition coefficient (Wildman–Crippen LogP) is 3.67. The van der Waals surface area contributed by atoms with E-state index in [0.29, 0.717) is 11.5 Å². The highest BCUT2D eigenvalue weighted by Gasteiger charge is 2.38. The van der Waals surface area contributed by atoms with Crippen LogP contribution in [0.3, 0.4) is 0 Å². The number of H-pyrrole nitrogens is 1. The van der Waals surface area contributed by atoms with Crippen molar-refractivity contribution in [3.05, 3.63) is 62.7 Å². The minimum Gasteiger partial charge on any atom is -0.475 e. The Morgan fingerprint density at radius 3 is 2.53 bits per heavy atom. The van der Waals surface area contributed by atoms with Crippen molar-refractivity contribution in [2.75, 3.05) is 13.3 Å². The van der Waals surface area contributed by atoms with Gasteiger partial charge in [0.1, 0.15) is 5.82 Å². The summed E-state index contributed by atoms with van der Waals surface area (Å²) in [5.41, 5.74) is 6.66. The van der Waals surface area contributed by atoms with Gasteiger partial charge in [-0.2, -0.15) is 27.1 Å². The number of carbonyl (C=O) groups is 1. The zero-order chi connectivity index (χ0) is 26.6. The summed E-state index contributed by atoms with van der Waals surface area (Å²) < 4.78 is 69.8. The maximum atomic E-state index is 13.0. The van der Waals surface area contributed by atoms with Crippen molar-refractivity contribution >= 4 is 17.3 Å². The van der Waals surface area contributed by atoms with Crippen LogP contribution in [0.1, 0.15) is 16.3 Å². The van der Waals surface area contributed by atoms with Crippen LogP contribution in [0, 0.1) is 6.92 Å². The number of thiophene rings is 1. The molecule has 0 atom stereocenters. The number of hydrogen-bond acceptors (Lipinski definition) is 7. The molecule has 0 aliphatic carbocycles. The molecule has 4 rings (SSSR count). The fourth-order valence-electron chi connectivity index (χ4n) is 3.07. The van der Waals surface area contributed by atoms with Gasteiger partial charge >= 0.3 is 17.8 Å². The number of aromatic amines is 1. The zero-order valence-electron chi connectivity index (χ0n) is 18.5. The van der Waals surface area contributed by atoms with Crippen molar-refractivity contribution in [1.29, 1.82) is 0 Å². The molecule has 36 heavy (non-hydrogen) atoms. The Morgan fingerprint density at radius 2 is 1.92 bits per heavy atom. The van der Waals surface area contributed by atoms with Crippen molar-refractivity contribution in [3.8, 4) is 21.9 Å². The van der Waals surface area contributed by atoms with E-state index in [1.54, 1.807) is 0 Å². The number of ether oxygens (including phenoxy) is 2. The number of alkyl halides is 3. The quantitative estimate of drug-likeness (QED) is 0.411. The highest BCUT2D eigenvalue weighted by atomic mass is 32.1. The van der Waals surface area contributed by atoms with Gasteiger partial charge in [-0.3, -0.25) is 4.57 Å². The van der Waals surface area contributed by atoms with E-state index >= 15 is 0 Å². The van der Waals surface area contributed by atoms with Crippen molar-refractivity contribution in [2.45, 2.75) is 26.1 Å². The largest absolute Gasteiger partial charge is 0.490 e. The van der Waals surface area contributed by atoms with Crippen LogP contribution in [0.5, 0.6) is 11.5 Å². The molecule has 1 aromatic carbocycles. The average Bonchev–Trinajstić information content (AvgIpc) is 3.51. The van der Waals surface area contributed by atoms with Crippen molar-refractivity contribution < 1.29 is 41.3 Å². The second-order valence-electron chi connectivity index (χ2n) is 7.36. The number of rotatable bonds is 6. The van der Waals surface area contributed by atoms with Gasteiger partial charge in [0.05, 0.1) is 6.54 Å². The molecule has 0 saturated carbocycles. The number of aryl methyl sites for hydroxylation is 1. The summed E-state index contributed by atoms with van der Waals surface area (Å²) in [5.74, 6) is -1.13. The van der Waals surface area contributed by atoms with Crippen LogP contribution < -0.4 is 20.9 Å². The number of nitrogens with zero attached hydrogens (tertiary/aromatic N) is 2. The normalized spacial score (nSPS) is 12.2. The van der Waals surface area contributed by atoms with E-state index in [1.165, 1.54) is 15.9 Å². The van der Waals surface area contributed by atoms with Crippen LogP contribution in [-0.2, 0) is 17.8 Å². The molecule has 0 unspecified atom stereocenters. The van der Waals surface area contributed by atoms with E-state index in [2.05, 4.69) is 10.2 Å². The molecule has 3 aromatic rings. The molecule has 0 amide bonds. The van der Waals surface area contributed by atoms with Crippen molar-refractivity contribution in [1.82, 2.24) is 14.8 Å². The molecule has 0 fully saturated rings. The average molecular weight is 534 g/mol. The second kappa shape index (κ2) is 10.9. The Balaban J connectivity index is 0.000000454. The Labute approximate surface area is 203 Å². The van der Waals surface area contributed by atoms with Crippen LogP contribution in [-0.4, -0.2) is 45.4 Å². The first-order valence-electron chi connectivity index (χ1n) is 10.1. The molecule has 4 N–H and O–H groups in total. The van der Waals surface area contributed by atoms with Gasteiger partial charge in [0.25, 0.3) is 6.08 Å². The number of fused-ring (bicyclic) bond motifs is 1. The van der Waals surface area contributed by atoms with E-state index < -0.39 is 23.9 Å². The Kier molecular flexibility index (Phi) is 8.14. The lowest BCUT2D eigenvalue weighted by atomic mass is 10.1. The van der Waals surface area contributed by atoms with Gasteiger partial charge < -0.3 is 20.3 Å². The second-order valence-corrected chi connectivity index (χ2v) is 8.50. The molecule has 0 bridgehead atoms. The van der Waals surface area contributed by atoms with Crippen LogP contribution in [0.2, 0.25) is 0 Å². The number of carboxylic acids is 1. The fraction of sp³-hybridized carbons (Fsp3) is 0.286. The predicted molar refractivity (Wildman–Crippen MR) is 118 cm³/mol. The lowest BCUT2D eigenvalue weighted by Gasteiger charge is -2.06. The third-order valence-electron chi connectivity index (χ3n) is 4.94. The summed E-state index contributed by atoms with van der Waals surface area (Å²) in [5, 5.41) is 13.4. The van der Waals surface area contributed by atoms with Gasteiger partial charge in [0.15, 0.2) is 11.5 Å². The molecule has 0 saturated heterocycles. The Hall–Kier alpha value is -3.72. The van der Waals surface area contributed by atoms with Crippen LogP contribution in [0.4, 0.5) is 22.0 Å². The smallest absolute Gasteiger partial charge is 0.475 e. The first-order valence-corrected chi connectivity index (χ1v) is 10.9. The molecular weight excluding hydrogens is 515 g/mol. The third kappa shape index (κ3) is 6.28. The van der Waals surface area contributed by atoms with Crippen LogP contribution in [0.15, 0.2) is 40.7 Å². The first kappa shape index (κ1) is 26.9. The molecule has 15 heteroatoms. The van der Waals surface area contributed by atoms with Gasteiger partial charge in [0, 0.05) is 28.3 Å². The number of hydrogen-bond donors (Lipinski definition) is 3. The molecular formula is C21H19F5N4O5S. The number of nitrogens with one attached hydrogen (secondary N) is 1. The first-order chi connectivity index (χ1) is 16.9. The monoisotopic (exact) mass is 534 g/mol. The summed E-state index contributed by atoms with van der Waals surface area (Å²) >= 11 is 1.52. The number of carboxylic acid groups (broad SMARTS) is 1. The summed E-state index contributed by atoms with van der Waals surface area (Å²) in [6.07, 6.45) is -7.11. The van der Waals surface area contributed by atoms with Gasteiger partial charge in [-0.1, -0.05) is 0 Å². The number of aliphatic carboxylic acids is 1. The molecule has 1 aliphatic rings. The van der Waals surface area contributed by atoms with Gasteiger partial charge in [0.2, 0.25) is 6.79 Å². The molecule has 0 spiro atoms. The standard InChI is InChI=1S/C19H18F2N4O3S.C2HF3O2/c1-10-4-15(11-2-3-13-14(5-11)28-9-27-13)29-16(10)8-25-17(23-24-19(25)26)6-12(7-22)18(20)21;3-2(4,5)1(6)7/h2-5H,6-9,22H2,1H3,(H,24,26);(H,6,7). The molecule has 9 nitrogen and oxygen atoms in total. The Morgan fingerprint density at radius 1 is 1.25 bits per heavy atom. The van der Waals surface area contributed by atoms with Crippen molar-refractivity contribution in [2.24, 2.45) is 5.73 Å². The summed E-state index contributed by atoms with van der Waals surface area (Å²) in [7, 11) is 0. The zero-order valence-corrected chi connectivity index (χ0v) is 19.3. The van der Waals surface area contributed by atoms with Gasteiger partial charge in [-0.15, -0.1) is 11.3 Å². The lowest BCUT2D eigenvalue weighted by molar-refractivity contribution is -0.192. The van der Waals surface area contributed by atoms with E-state index in [9.17, 15) is 26.7 Å². The summed E-state index contributed by atoms with van der Waals surface area (Å²) in [6.45, 7) is 2.09. The Bertz CT molecular complexity index is 1340. The minimum atomic E-state index is -5.08. The fourth-order valence-corrected chi connectivity index (χ4v) is 4.23. The summed E-state index contributed by atoms with van der Waals surface area (Å²) in [4.78, 5) is 23.0. The topological polar surface area (TPSA) is 132 Å². The minimum absolute atomic E-state index is 0.184. The molecule has 0 radical (unpaired) electrons. The SMILES string of the molecule is Cc1cc(-c2ccc3c(c2)OCO3)sc1Cn1c(CC(CN)=C(F)F)n[nH]c1=O.O=C(O)C(F)(F)F. The van der Waals surface area contributed by atoms with Crippen LogP contribution >= 0.6 is 11.3 Å². The third-order valence-corrected chi connectivity index (χ3v) is 6.22. The number of halogens is 5. The number of aromatic nitrogens is 3.